The highest BCUT2D eigenvalue weighted by Gasteiger charge is 2.27. The monoisotopic (exact) mass is 434 g/mol. The second-order valence-electron chi connectivity index (χ2n) is 7.41. The van der Waals surface area contributed by atoms with Gasteiger partial charge in [-0.05, 0) is 49.2 Å². The Labute approximate surface area is 178 Å². The van der Waals surface area contributed by atoms with Crippen LogP contribution in [0.5, 0.6) is 0 Å². The molecule has 0 saturated heterocycles. The molecule has 2 aromatic rings. The summed E-state index contributed by atoms with van der Waals surface area (Å²) in [6.45, 7) is -0.268. The molecule has 1 N–H and O–H groups in total. The van der Waals surface area contributed by atoms with Crippen molar-refractivity contribution in [2.75, 3.05) is 10.8 Å². The number of anilines is 1. The molecule has 3 rings (SSSR count). The Morgan fingerprint density at radius 3 is 2.14 bits per heavy atom. The number of nitrogens with zero attached hydrogens (tertiary/aromatic N) is 1. The van der Waals surface area contributed by atoms with Gasteiger partial charge in [0.05, 0.1) is 10.6 Å². The zero-order valence-corrected chi connectivity index (χ0v) is 18.0. The van der Waals surface area contributed by atoms with Crippen molar-refractivity contribution in [1.29, 1.82) is 0 Å². The maximum atomic E-state index is 13.3. The first-order valence-corrected chi connectivity index (χ1v) is 11.9. The SMILES string of the molecule is O=C(CN(c1ccc(Cl)cc1)S(=O)(=O)c1ccccc1)NC1CCCCCCC1. The molecule has 1 amide bonds. The third-order valence-corrected chi connectivity index (χ3v) is 7.24. The van der Waals surface area contributed by atoms with Crippen LogP contribution in [0.15, 0.2) is 59.5 Å². The Balaban J connectivity index is 1.81. The van der Waals surface area contributed by atoms with Crippen molar-refractivity contribution < 1.29 is 13.2 Å². The number of carbonyl (C=O) groups is 1. The summed E-state index contributed by atoms with van der Waals surface area (Å²) in [7, 11) is -3.89. The molecule has 0 radical (unpaired) electrons. The molecule has 2 aromatic carbocycles. The predicted octanol–water partition coefficient (Wildman–Crippen LogP) is 4.76. The summed E-state index contributed by atoms with van der Waals surface area (Å²) in [5.41, 5.74) is 0.408. The zero-order chi connectivity index (χ0) is 20.7. The van der Waals surface area contributed by atoms with Crippen molar-refractivity contribution >= 4 is 33.2 Å². The van der Waals surface area contributed by atoms with Crippen molar-refractivity contribution in [2.45, 2.75) is 55.9 Å². The summed E-state index contributed by atoms with van der Waals surface area (Å²) in [5, 5.41) is 3.56. The number of hydrogen-bond acceptors (Lipinski definition) is 3. The molecule has 0 atom stereocenters. The fourth-order valence-electron chi connectivity index (χ4n) is 3.65. The smallest absolute Gasteiger partial charge is 0.264 e. The van der Waals surface area contributed by atoms with Gasteiger partial charge in [-0.1, -0.05) is 61.9 Å². The number of benzene rings is 2. The van der Waals surface area contributed by atoms with Gasteiger partial charge in [0.2, 0.25) is 5.91 Å². The second-order valence-corrected chi connectivity index (χ2v) is 9.71. The van der Waals surface area contributed by atoms with Crippen LogP contribution in [0.1, 0.15) is 44.9 Å². The van der Waals surface area contributed by atoms with Gasteiger partial charge in [0.25, 0.3) is 10.0 Å². The maximum absolute atomic E-state index is 13.3. The lowest BCUT2D eigenvalue weighted by atomic mass is 9.97. The van der Waals surface area contributed by atoms with E-state index in [2.05, 4.69) is 5.32 Å². The molecule has 1 saturated carbocycles. The van der Waals surface area contributed by atoms with E-state index < -0.39 is 10.0 Å². The molecule has 0 aromatic heterocycles. The molecule has 5 nitrogen and oxygen atoms in total. The lowest BCUT2D eigenvalue weighted by molar-refractivity contribution is -0.120. The van der Waals surface area contributed by atoms with E-state index in [0.717, 1.165) is 30.0 Å². The average Bonchev–Trinajstić information content (AvgIpc) is 2.69. The largest absolute Gasteiger partial charge is 0.352 e. The van der Waals surface area contributed by atoms with Crippen LogP contribution in [0.3, 0.4) is 0 Å². The van der Waals surface area contributed by atoms with Crippen LogP contribution in [-0.2, 0) is 14.8 Å². The molecule has 7 heteroatoms. The van der Waals surface area contributed by atoms with Crippen molar-refractivity contribution in [2.24, 2.45) is 0 Å². The Morgan fingerprint density at radius 2 is 1.52 bits per heavy atom. The zero-order valence-electron chi connectivity index (χ0n) is 16.4. The van der Waals surface area contributed by atoms with Crippen molar-refractivity contribution in [1.82, 2.24) is 5.32 Å². The van der Waals surface area contributed by atoms with Crippen molar-refractivity contribution in [3.63, 3.8) is 0 Å². The van der Waals surface area contributed by atoms with Gasteiger partial charge in [0.1, 0.15) is 6.54 Å². The minimum Gasteiger partial charge on any atom is -0.352 e. The minimum atomic E-state index is -3.89. The minimum absolute atomic E-state index is 0.106. The number of carbonyl (C=O) groups excluding carboxylic acids is 1. The third-order valence-electron chi connectivity index (χ3n) is 5.20. The summed E-state index contributed by atoms with van der Waals surface area (Å²) in [6, 6.07) is 14.7. The molecule has 156 valence electrons. The first-order valence-electron chi connectivity index (χ1n) is 10.1. The Kier molecular flexibility index (Phi) is 7.56. The predicted molar refractivity (Wildman–Crippen MR) is 117 cm³/mol. The highest BCUT2D eigenvalue weighted by atomic mass is 35.5. The number of hydrogen-bond donors (Lipinski definition) is 1. The molecular formula is C22H27ClN2O3S. The van der Waals surface area contributed by atoms with Gasteiger partial charge < -0.3 is 5.32 Å². The quantitative estimate of drug-likeness (QED) is 0.712. The van der Waals surface area contributed by atoms with Gasteiger partial charge in [0.15, 0.2) is 0 Å². The molecule has 1 aliphatic rings. The number of nitrogens with one attached hydrogen (secondary N) is 1. The van der Waals surface area contributed by atoms with Crippen LogP contribution in [0.2, 0.25) is 5.02 Å². The Morgan fingerprint density at radius 1 is 0.931 bits per heavy atom. The highest BCUT2D eigenvalue weighted by Crippen LogP contribution is 2.25. The van der Waals surface area contributed by atoms with Gasteiger partial charge in [-0.25, -0.2) is 8.42 Å². The summed E-state index contributed by atoms with van der Waals surface area (Å²) in [4.78, 5) is 12.9. The molecule has 1 fully saturated rings. The number of sulfonamides is 1. The van der Waals surface area contributed by atoms with Gasteiger partial charge in [0, 0.05) is 11.1 Å². The van der Waals surface area contributed by atoms with E-state index in [1.165, 1.54) is 31.4 Å². The number of rotatable bonds is 6. The summed E-state index contributed by atoms with van der Waals surface area (Å²) in [5.74, 6) is -0.287. The third kappa shape index (κ3) is 5.97. The standard InChI is InChI=1S/C22H27ClN2O3S/c23-18-13-15-20(16-14-18)25(29(27,28)21-11-7-4-8-12-21)17-22(26)24-19-9-5-2-1-3-6-10-19/h4,7-8,11-16,19H,1-3,5-6,9-10,17H2,(H,24,26). The Hall–Kier alpha value is -2.05. The molecule has 0 heterocycles. The van der Waals surface area contributed by atoms with Gasteiger partial charge >= 0.3 is 0 Å². The van der Waals surface area contributed by atoms with E-state index in [4.69, 9.17) is 11.6 Å². The van der Waals surface area contributed by atoms with Crippen LogP contribution in [-0.4, -0.2) is 26.9 Å². The molecular weight excluding hydrogens is 408 g/mol. The maximum Gasteiger partial charge on any atom is 0.264 e. The fraction of sp³-hybridized carbons (Fsp3) is 0.409. The van der Waals surface area contributed by atoms with E-state index in [0.29, 0.717) is 10.7 Å². The molecule has 29 heavy (non-hydrogen) atoms. The van der Waals surface area contributed by atoms with Crippen molar-refractivity contribution in [3.05, 3.63) is 59.6 Å². The topological polar surface area (TPSA) is 66.5 Å². The van der Waals surface area contributed by atoms with Gasteiger partial charge in [-0.2, -0.15) is 0 Å². The average molecular weight is 435 g/mol. The Bertz CT molecular complexity index is 893. The van der Waals surface area contributed by atoms with Crippen LogP contribution in [0.25, 0.3) is 0 Å². The number of amides is 1. The van der Waals surface area contributed by atoms with Crippen LogP contribution in [0.4, 0.5) is 5.69 Å². The van der Waals surface area contributed by atoms with Gasteiger partial charge in [-0.15, -0.1) is 0 Å². The first-order chi connectivity index (χ1) is 14.0. The van der Waals surface area contributed by atoms with Crippen LogP contribution >= 0.6 is 11.6 Å². The van der Waals surface area contributed by atoms with Crippen LogP contribution in [0, 0.1) is 0 Å². The summed E-state index contributed by atoms with van der Waals surface area (Å²) < 4.78 is 27.7. The van der Waals surface area contributed by atoms with Gasteiger partial charge in [-0.3, -0.25) is 9.10 Å². The summed E-state index contributed by atoms with van der Waals surface area (Å²) >= 11 is 5.96. The molecule has 0 aliphatic heterocycles. The second kappa shape index (κ2) is 10.1. The van der Waals surface area contributed by atoms with E-state index >= 15 is 0 Å². The van der Waals surface area contributed by atoms with Crippen molar-refractivity contribution in [3.8, 4) is 0 Å². The number of halogens is 1. The van der Waals surface area contributed by atoms with E-state index in [1.807, 2.05) is 0 Å². The fourth-order valence-corrected chi connectivity index (χ4v) is 5.21. The molecule has 0 bridgehead atoms. The molecule has 0 unspecified atom stereocenters. The summed E-state index contributed by atoms with van der Waals surface area (Å²) in [6.07, 6.45) is 7.69. The lowest BCUT2D eigenvalue weighted by Crippen LogP contribution is -2.44. The first kappa shape index (κ1) is 21.7. The molecule has 1 aliphatic carbocycles. The van der Waals surface area contributed by atoms with Crippen LogP contribution < -0.4 is 9.62 Å². The molecule has 0 spiro atoms. The normalized spacial score (nSPS) is 15.9. The highest BCUT2D eigenvalue weighted by molar-refractivity contribution is 7.92. The lowest BCUT2D eigenvalue weighted by Gasteiger charge is -2.26. The van der Waals surface area contributed by atoms with E-state index in [-0.39, 0.29) is 23.4 Å². The van der Waals surface area contributed by atoms with E-state index in [9.17, 15) is 13.2 Å². The van der Waals surface area contributed by atoms with E-state index in [1.54, 1.807) is 42.5 Å².